The van der Waals surface area contributed by atoms with Crippen LogP contribution in [0.4, 0.5) is 14.6 Å². The zero-order valence-corrected chi connectivity index (χ0v) is 23.1. The topological polar surface area (TPSA) is 82.6 Å². The first-order valence-electron chi connectivity index (χ1n) is 12.7. The lowest BCUT2D eigenvalue weighted by Crippen LogP contribution is -2.45. The molecule has 0 spiro atoms. The number of anilines is 1. The van der Waals surface area contributed by atoms with E-state index in [9.17, 15) is 22.0 Å². The molecular formula is C27H36F2N4O3S. The maximum atomic E-state index is 13.6. The van der Waals surface area contributed by atoms with Gasteiger partial charge < -0.3 is 10.2 Å². The molecule has 0 atom stereocenters. The minimum Gasteiger partial charge on any atom is -0.377 e. The van der Waals surface area contributed by atoms with Gasteiger partial charge in [-0.3, -0.25) is 4.79 Å². The molecule has 1 amide bonds. The Hall–Kier alpha value is -3.01. The number of sulfonamides is 1. The van der Waals surface area contributed by atoms with Crippen molar-refractivity contribution in [3.63, 3.8) is 0 Å². The van der Waals surface area contributed by atoms with Gasteiger partial charge in [-0.05, 0) is 50.8 Å². The first-order valence-corrected chi connectivity index (χ1v) is 14.1. The monoisotopic (exact) mass is 534 g/mol. The number of carbonyl (C=O) groups is 1. The number of halogens is 2. The van der Waals surface area contributed by atoms with Gasteiger partial charge in [0.25, 0.3) is 21.9 Å². The molecule has 37 heavy (non-hydrogen) atoms. The number of amides is 1. The van der Waals surface area contributed by atoms with E-state index in [-0.39, 0.29) is 22.2 Å². The molecule has 2 aliphatic heterocycles. The van der Waals surface area contributed by atoms with Crippen molar-refractivity contribution in [2.24, 2.45) is 0 Å². The summed E-state index contributed by atoms with van der Waals surface area (Å²) in [6, 6.07) is 9.48. The molecule has 0 unspecified atom stereocenters. The zero-order valence-electron chi connectivity index (χ0n) is 22.3. The van der Waals surface area contributed by atoms with Crippen LogP contribution >= 0.6 is 0 Å². The van der Waals surface area contributed by atoms with Gasteiger partial charge in [-0.1, -0.05) is 44.2 Å². The highest BCUT2D eigenvalue weighted by molar-refractivity contribution is 7.99. The standard InChI is InChI=1S/C25H30F2N4O3S.C2H6/c1-16(2)31-24(32)21(22(35(31,33)34)18-8-6-5-7-9-18)29-20-10-12-30(13-11-20)23-17(3)14-19(15-28-23)25(4,26)27;1-2/h5-9,14-16,20,29H,10-13H2,1-4H3;1-2H3. The molecule has 2 aliphatic rings. The number of piperidine rings is 1. The van der Waals surface area contributed by atoms with Gasteiger partial charge in [0.15, 0.2) is 0 Å². The number of rotatable bonds is 6. The smallest absolute Gasteiger partial charge is 0.285 e. The molecule has 3 heterocycles. The third-order valence-corrected chi connectivity index (χ3v) is 8.42. The summed E-state index contributed by atoms with van der Waals surface area (Å²) in [5.74, 6) is -2.84. The highest BCUT2D eigenvalue weighted by Gasteiger charge is 2.46. The van der Waals surface area contributed by atoms with Crippen molar-refractivity contribution in [1.29, 1.82) is 0 Å². The third-order valence-electron chi connectivity index (χ3n) is 6.36. The SMILES string of the molecule is CC.Cc1cc(C(C)(F)F)cnc1N1CCC(NC2=C(c3ccccc3)S(=O)(=O)N(C(C)C)C2=O)CC1. The van der Waals surface area contributed by atoms with E-state index in [0.29, 0.717) is 42.9 Å². The van der Waals surface area contributed by atoms with E-state index in [1.54, 1.807) is 51.1 Å². The number of pyridine rings is 1. The molecule has 1 fully saturated rings. The molecule has 2 aromatic rings. The van der Waals surface area contributed by atoms with Crippen LogP contribution in [0.25, 0.3) is 4.91 Å². The Morgan fingerprint density at radius 1 is 1.11 bits per heavy atom. The number of benzene rings is 1. The second-order valence-corrected chi connectivity index (χ2v) is 11.2. The highest BCUT2D eigenvalue weighted by Crippen LogP contribution is 2.37. The predicted octanol–water partition coefficient (Wildman–Crippen LogP) is 5.04. The first kappa shape index (κ1) is 28.6. The molecular weight excluding hydrogens is 498 g/mol. The van der Waals surface area contributed by atoms with Crippen molar-refractivity contribution in [1.82, 2.24) is 14.6 Å². The Morgan fingerprint density at radius 3 is 2.22 bits per heavy atom. The number of alkyl halides is 2. The fourth-order valence-electron chi connectivity index (χ4n) is 4.64. The van der Waals surface area contributed by atoms with Crippen molar-refractivity contribution < 1.29 is 22.0 Å². The summed E-state index contributed by atoms with van der Waals surface area (Å²) in [5, 5.41) is 3.24. The lowest BCUT2D eigenvalue weighted by Gasteiger charge is -2.34. The van der Waals surface area contributed by atoms with Gasteiger partial charge in [0, 0.05) is 43.9 Å². The molecule has 0 aliphatic carbocycles. The van der Waals surface area contributed by atoms with Crippen molar-refractivity contribution in [3.05, 3.63) is 65.0 Å². The van der Waals surface area contributed by atoms with Crippen molar-refractivity contribution in [3.8, 4) is 0 Å². The maximum Gasteiger partial charge on any atom is 0.285 e. The molecule has 0 radical (unpaired) electrons. The summed E-state index contributed by atoms with van der Waals surface area (Å²) in [4.78, 5) is 19.5. The van der Waals surface area contributed by atoms with Crippen molar-refractivity contribution >= 4 is 26.7 Å². The summed E-state index contributed by atoms with van der Waals surface area (Å²) in [5.41, 5.74) is 1.13. The molecule has 202 valence electrons. The van der Waals surface area contributed by atoms with Gasteiger partial charge in [-0.25, -0.2) is 26.5 Å². The average Bonchev–Trinajstić information content (AvgIpc) is 3.05. The van der Waals surface area contributed by atoms with E-state index in [0.717, 1.165) is 11.2 Å². The third kappa shape index (κ3) is 5.79. The van der Waals surface area contributed by atoms with Gasteiger partial charge in [-0.15, -0.1) is 0 Å². The number of carbonyl (C=O) groups excluding carboxylic acids is 1. The lowest BCUT2D eigenvalue weighted by atomic mass is 10.0. The van der Waals surface area contributed by atoms with Crippen LogP contribution in [0.2, 0.25) is 0 Å². The van der Waals surface area contributed by atoms with Crippen LogP contribution in [0.3, 0.4) is 0 Å². The first-order chi connectivity index (χ1) is 17.4. The lowest BCUT2D eigenvalue weighted by molar-refractivity contribution is -0.123. The fourth-order valence-corrected chi connectivity index (χ4v) is 6.54. The van der Waals surface area contributed by atoms with E-state index >= 15 is 0 Å². The van der Waals surface area contributed by atoms with Crippen LogP contribution in [0.1, 0.15) is 64.2 Å². The van der Waals surface area contributed by atoms with Gasteiger partial charge >= 0.3 is 0 Å². The number of nitrogens with zero attached hydrogens (tertiary/aromatic N) is 3. The van der Waals surface area contributed by atoms with Gasteiger partial charge in [0.2, 0.25) is 0 Å². The van der Waals surface area contributed by atoms with Gasteiger partial charge in [0.1, 0.15) is 16.4 Å². The van der Waals surface area contributed by atoms with E-state index in [1.165, 1.54) is 12.3 Å². The zero-order chi connectivity index (χ0) is 27.5. The number of aromatic nitrogens is 1. The Balaban J connectivity index is 0.00000186. The van der Waals surface area contributed by atoms with Crippen LogP contribution < -0.4 is 10.2 Å². The minimum absolute atomic E-state index is 0.00724. The van der Waals surface area contributed by atoms with E-state index < -0.39 is 27.9 Å². The second-order valence-electron chi connectivity index (χ2n) is 9.43. The van der Waals surface area contributed by atoms with Crippen LogP contribution in [0, 0.1) is 6.92 Å². The van der Waals surface area contributed by atoms with Crippen LogP contribution in [-0.4, -0.2) is 48.8 Å². The Bertz CT molecular complexity index is 1250. The summed E-state index contributed by atoms with van der Waals surface area (Å²) < 4.78 is 54.8. The predicted molar refractivity (Wildman–Crippen MR) is 143 cm³/mol. The number of hydrogen-bond acceptors (Lipinski definition) is 6. The van der Waals surface area contributed by atoms with Crippen molar-refractivity contribution in [2.45, 2.75) is 72.4 Å². The minimum atomic E-state index is -3.99. The molecule has 7 nitrogen and oxygen atoms in total. The maximum absolute atomic E-state index is 13.6. The Labute approximate surface area is 218 Å². The second kappa shape index (κ2) is 11.2. The normalized spacial score (nSPS) is 18.2. The summed E-state index contributed by atoms with van der Waals surface area (Å²) in [7, 11) is -3.99. The quantitative estimate of drug-likeness (QED) is 0.560. The molecule has 1 aromatic carbocycles. The molecule has 1 aromatic heterocycles. The van der Waals surface area contributed by atoms with E-state index in [1.807, 2.05) is 18.7 Å². The Kier molecular flexibility index (Phi) is 8.62. The van der Waals surface area contributed by atoms with Crippen LogP contribution in [0.15, 0.2) is 48.3 Å². The highest BCUT2D eigenvalue weighted by atomic mass is 32.2. The van der Waals surface area contributed by atoms with Gasteiger partial charge in [0.05, 0.1) is 0 Å². The molecule has 1 N–H and O–H groups in total. The summed E-state index contributed by atoms with van der Waals surface area (Å²) in [6.45, 7) is 11.2. The molecule has 4 rings (SSSR count). The van der Waals surface area contributed by atoms with Crippen LogP contribution in [-0.2, 0) is 20.7 Å². The summed E-state index contributed by atoms with van der Waals surface area (Å²) in [6.07, 6.45) is 2.48. The Morgan fingerprint density at radius 2 is 1.70 bits per heavy atom. The average molecular weight is 535 g/mol. The largest absolute Gasteiger partial charge is 0.377 e. The van der Waals surface area contributed by atoms with E-state index in [4.69, 9.17) is 0 Å². The number of aryl methyl sites for hydroxylation is 1. The van der Waals surface area contributed by atoms with Crippen molar-refractivity contribution in [2.75, 3.05) is 18.0 Å². The van der Waals surface area contributed by atoms with Crippen LogP contribution in [0.5, 0.6) is 0 Å². The van der Waals surface area contributed by atoms with Gasteiger partial charge in [-0.2, -0.15) is 0 Å². The molecule has 10 heteroatoms. The fraction of sp³-hybridized carbons (Fsp3) is 0.481. The number of nitrogens with one attached hydrogen (secondary N) is 1. The molecule has 0 bridgehead atoms. The summed E-state index contributed by atoms with van der Waals surface area (Å²) >= 11 is 0. The number of hydrogen-bond donors (Lipinski definition) is 1. The molecule has 0 saturated carbocycles. The molecule has 1 saturated heterocycles. The van der Waals surface area contributed by atoms with E-state index in [2.05, 4.69) is 10.3 Å².